The summed E-state index contributed by atoms with van der Waals surface area (Å²) in [4.78, 5) is 12.7. The standard InChI is InChI=1S/C17H22FNO3/c18-14-4-1-3-13(11-14)17(5-2-6-17)15(20)19-12-16(21)7-9-22-10-8-16/h1,3-4,11,21H,2,5-10,12H2,(H,19,20). The highest BCUT2D eigenvalue weighted by molar-refractivity contribution is 5.89. The largest absolute Gasteiger partial charge is 0.388 e. The number of hydrogen-bond donors (Lipinski definition) is 2. The van der Waals surface area contributed by atoms with Crippen LogP contribution in [0.1, 0.15) is 37.7 Å². The van der Waals surface area contributed by atoms with Gasteiger partial charge in [0.1, 0.15) is 5.82 Å². The maximum Gasteiger partial charge on any atom is 0.230 e. The van der Waals surface area contributed by atoms with Crippen LogP contribution in [0, 0.1) is 5.82 Å². The molecule has 1 aliphatic carbocycles. The van der Waals surface area contributed by atoms with Gasteiger partial charge in [-0.1, -0.05) is 18.6 Å². The molecule has 1 amide bonds. The molecule has 1 saturated carbocycles. The molecule has 0 bridgehead atoms. The van der Waals surface area contributed by atoms with Gasteiger partial charge in [-0.25, -0.2) is 4.39 Å². The van der Waals surface area contributed by atoms with Gasteiger partial charge in [-0.15, -0.1) is 0 Å². The van der Waals surface area contributed by atoms with E-state index in [2.05, 4.69) is 5.32 Å². The highest BCUT2D eigenvalue weighted by Gasteiger charge is 2.46. The molecule has 0 radical (unpaired) electrons. The molecule has 3 rings (SSSR count). The number of aliphatic hydroxyl groups is 1. The van der Waals surface area contributed by atoms with Crippen molar-refractivity contribution in [1.82, 2.24) is 5.32 Å². The second-order valence-corrected chi connectivity index (χ2v) is 6.47. The summed E-state index contributed by atoms with van der Waals surface area (Å²) in [5.41, 5.74) is -0.792. The van der Waals surface area contributed by atoms with Crippen molar-refractivity contribution >= 4 is 5.91 Å². The SMILES string of the molecule is O=C(NCC1(O)CCOCC1)C1(c2cccc(F)c2)CCC1. The first-order valence-corrected chi connectivity index (χ1v) is 7.89. The fraction of sp³-hybridized carbons (Fsp3) is 0.588. The first kappa shape index (κ1) is 15.4. The van der Waals surface area contributed by atoms with E-state index in [0.717, 1.165) is 24.8 Å². The van der Waals surface area contributed by atoms with Gasteiger partial charge in [0.15, 0.2) is 0 Å². The van der Waals surface area contributed by atoms with Crippen LogP contribution in [0.4, 0.5) is 4.39 Å². The molecule has 0 atom stereocenters. The number of halogens is 1. The van der Waals surface area contributed by atoms with Crippen LogP contribution in [0.2, 0.25) is 0 Å². The van der Waals surface area contributed by atoms with Gasteiger partial charge in [-0.3, -0.25) is 4.79 Å². The van der Waals surface area contributed by atoms with Crippen molar-refractivity contribution in [2.45, 2.75) is 43.1 Å². The molecule has 0 unspecified atom stereocenters. The van der Waals surface area contributed by atoms with E-state index in [9.17, 15) is 14.3 Å². The molecule has 2 N–H and O–H groups in total. The lowest BCUT2D eigenvalue weighted by atomic mass is 9.63. The molecule has 1 saturated heterocycles. The number of benzene rings is 1. The summed E-state index contributed by atoms with van der Waals surface area (Å²) < 4.78 is 18.7. The van der Waals surface area contributed by atoms with Gasteiger partial charge in [0.25, 0.3) is 0 Å². The Morgan fingerprint density at radius 1 is 1.27 bits per heavy atom. The van der Waals surface area contributed by atoms with Crippen LogP contribution in [0.3, 0.4) is 0 Å². The lowest BCUT2D eigenvalue weighted by molar-refractivity contribution is -0.132. The summed E-state index contributed by atoms with van der Waals surface area (Å²) in [5.74, 6) is -0.427. The van der Waals surface area contributed by atoms with Gasteiger partial charge in [-0.2, -0.15) is 0 Å². The maximum atomic E-state index is 13.5. The van der Waals surface area contributed by atoms with E-state index in [1.807, 2.05) is 6.07 Å². The molecule has 5 heteroatoms. The number of amides is 1. The lowest BCUT2D eigenvalue weighted by Gasteiger charge is -2.42. The monoisotopic (exact) mass is 307 g/mol. The summed E-state index contributed by atoms with van der Waals surface area (Å²) in [5, 5.41) is 13.3. The van der Waals surface area contributed by atoms with Crippen molar-refractivity contribution in [2.75, 3.05) is 19.8 Å². The first-order valence-electron chi connectivity index (χ1n) is 7.89. The topological polar surface area (TPSA) is 58.6 Å². The summed E-state index contributed by atoms with van der Waals surface area (Å²) in [7, 11) is 0. The molecule has 2 fully saturated rings. The van der Waals surface area contributed by atoms with E-state index in [0.29, 0.717) is 26.1 Å². The number of rotatable bonds is 4. The van der Waals surface area contributed by atoms with Crippen LogP contribution in [0.25, 0.3) is 0 Å². The van der Waals surface area contributed by atoms with Crippen LogP contribution in [-0.4, -0.2) is 36.4 Å². The molecule has 1 aromatic rings. The van der Waals surface area contributed by atoms with E-state index in [1.54, 1.807) is 6.07 Å². The van der Waals surface area contributed by atoms with Gasteiger partial charge in [0, 0.05) is 32.6 Å². The van der Waals surface area contributed by atoms with Gasteiger partial charge in [-0.05, 0) is 30.5 Å². The Morgan fingerprint density at radius 3 is 2.59 bits per heavy atom. The van der Waals surface area contributed by atoms with Crippen molar-refractivity contribution in [3.8, 4) is 0 Å². The quantitative estimate of drug-likeness (QED) is 0.893. The molecule has 1 heterocycles. The molecule has 4 nitrogen and oxygen atoms in total. The van der Waals surface area contributed by atoms with Gasteiger partial charge in [0.05, 0.1) is 11.0 Å². The molecule has 2 aliphatic rings. The highest BCUT2D eigenvalue weighted by atomic mass is 19.1. The van der Waals surface area contributed by atoms with Gasteiger partial charge < -0.3 is 15.2 Å². The maximum absolute atomic E-state index is 13.5. The van der Waals surface area contributed by atoms with E-state index in [1.165, 1.54) is 12.1 Å². The molecule has 22 heavy (non-hydrogen) atoms. The third-order valence-corrected chi connectivity index (χ3v) is 5.02. The van der Waals surface area contributed by atoms with Crippen LogP contribution in [0.5, 0.6) is 0 Å². The van der Waals surface area contributed by atoms with Crippen molar-refractivity contribution in [3.05, 3.63) is 35.6 Å². The first-order chi connectivity index (χ1) is 10.5. The van der Waals surface area contributed by atoms with Crippen LogP contribution < -0.4 is 5.32 Å². The smallest absolute Gasteiger partial charge is 0.230 e. The Labute approximate surface area is 129 Å². The van der Waals surface area contributed by atoms with Gasteiger partial charge in [0.2, 0.25) is 5.91 Å². The fourth-order valence-corrected chi connectivity index (χ4v) is 3.31. The lowest BCUT2D eigenvalue weighted by Crippen LogP contribution is -2.54. The van der Waals surface area contributed by atoms with Crippen molar-refractivity contribution < 1.29 is 19.0 Å². The molecule has 120 valence electrons. The summed E-state index contributed by atoms with van der Waals surface area (Å²) in [6.45, 7) is 1.26. The molecule has 1 aliphatic heterocycles. The van der Waals surface area contributed by atoms with E-state index >= 15 is 0 Å². The minimum atomic E-state index is -0.888. The van der Waals surface area contributed by atoms with Crippen molar-refractivity contribution in [1.29, 1.82) is 0 Å². The predicted molar refractivity (Wildman–Crippen MR) is 79.9 cm³/mol. The van der Waals surface area contributed by atoms with Crippen LogP contribution in [0.15, 0.2) is 24.3 Å². The second-order valence-electron chi connectivity index (χ2n) is 6.47. The van der Waals surface area contributed by atoms with Crippen molar-refractivity contribution in [3.63, 3.8) is 0 Å². The minimum Gasteiger partial charge on any atom is -0.388 e. The van der Waals surface area contributed by atoms with Gasteiger partial charge >= 0.3 is 0 Å². The van der Waals surface area contributed by atoms with E-state index in [4.69, 9.17) is 4.74 Å². The van der Waals surface area contributed by atoms with Crippen molar-refractivity contribution in [2.24, 2.45) is 0 Å². The number of ether oxygens (including phenoxy) is 1. The molecular formula is C17H22FNO3. The predicted octanol–water partition coefficient (Wildman–Crippen LogP) is 1.91. The zero-order chi connectivity index (χ0) is 15.6. The number of carbonyl (C=O) groups excluding carboxylic acids is 1. The summed E-state index contributed by atoms with van der Waals surface area (Å²) >= 11 is 0. The Bertz CT molecular complexity index is 551. The third kappa shape index (κ3) is 2.88. The number of hydrogen-bond acceptors (Lipinski definition) is 3. The molecule has 0 spiro atoms. The molecular weight excluding hydrogens is 285 g/mol. The average Bonchev–Trinajstić information content (AvgIpc) is 2.45. The van der Waals surface area contributed by atoms with Crippen LogP contribution in [-0.2, 0) is 14.9 Å². The normalized spacial score (nSPS) is 22.6. The third-order valence-electron chi connectivity index (χ3n) is 5.02. The molecule has 1 aromatic carbocycles. The van der Waals surface area contributed by atoms with Crippen LogP contribution >= 0.6 is 0 Å². The number of carbonyl (C=O) groups is 1. The Morgan fingerprint density at radius 2 is 2.00 bits per heavy atom. The van der Waals surface area contributed by atoms with E-state index in [-0.39, 0.29) is 18.3 Å². The highest BCUT2D eigenvalue weighted by Crippen LogP contribution is 2.44. The summed E-state index contributed by atoms with van der Waals surface area (Å²) in [6.07, 6.45) is 3.47. The Balaban J connectivity index is 1.69. The second kappa shape index (κ2) is 5.97. The Kier molecular flexibility index (Phi) is 4.19. The molecule has 0 aromatic heterocycles. The average molecular weight is 307 g/mol. The Hall–Kier alpha value is -1.46. The zero-order valence-electron chi connectivity index (χ0n) is 12.6. The minimum absolute atomic E-state index is 0.107. The summed E-state index contributed by atoms with van der Waals surface area (Å²) in [6, 6.07) is 6.29. The fourth-order valence-electron chi connectivity index (χ4n) is 3.31. The zero-order valence-corrected chi connectivity index (χ0v) is 12.6. The number of nitrogens with one attached hydrogen (secondary N) is 1. The van der Waals surface area contributed by atoms with E-state index < -0.39 is 11.0 Å².